The largest absolute Gasteiger partial charge is 0.326 e. The van der Waals surface area contributed by atoms with E-state index in [0.717, 1.165) is 35.2 Å². The van der Waals surface area contributed by atoms with Gasteiger partial charge in [-0.15, -0.1) is 12.4 Å². The molecule has 2 rings (SSSR count). The summed E-state index contributed by atoms with van der Waals surface area (Å²) in [6.45, 7) is 4.14. The summed E-state index contributed by atoms with van der Waals surface area (Å²) in [6.07, 6.45) is 0.977. The molecule has 1 aliphatic heterocycles. The molecule has 1 aliphatic rings. The van der Waals surface area contributed by atoms with Crippen LogP contribution in [0.5, 0.6) is 0 Å². The van der Waals surface area contributed by atoms with Crippen LogP contribution in [0.25, 0.3) is 0 Å². The number of amides is 1. The van der Waals surface area contributed by atoms with Crippen molar-refractivity contribution in [3.8, 4) is 0 Å². The van der Waals surface area contributed by atoms with Crippen molar-refractivity contribution in [3.05, 3.63) is 28.2 Å². The molecule has 1 unspecified atom stereocenters. The Bertz CT molecular complexity index is 456. The zero-order valence-electron chi connectivity index (χ0n) is 10.9. The van der Waals surface area contributed by atoms with Gasteiger partial charge in [-0.2, -0.15) is 0 Å². The average Bonchev–Trinajstić information content (AvgIpc) is 2.69. The summed E-state index contributed by atoms with van der Waals surface area (Å²) in [7, 11) is 0. The van der Waals surface area contributed by atoms with E-state index in [1.807, 2.05) is 25.1 Å². The topological polar surface area (TPSA) is 58.4 Å². The third kappa shape index (κ3) is 4.76. The molecule has 0 spiro atoms. The Morgan fingerprint density at radius 1 is 1.58 bits per heavy atom. The predicted octanol–water partition coefficient (Wildman–Crippen LogP) is 2.15. The monoisotopic (exact) mass is 347 g/mol. The van der Waals surface area contributed by atoms with Crippen molar-refractivity contribution in [1.29, 1.82) is 0 Å². The maximum atomic E-state index is 11.9. The van der Waals surface area contributed by atoms with E-state index in [1.54, 1.807) is 0 Å². The number of carbonyl (C=O) groups excluding carboxylic acids is 1. The molecule has 1 aromatic carbocycles. The second kappa shape index (κ2) is 7.24. The van der Waals surface area contributed by atoms with E-state index in [4.69, 9.17) is 5.73 Å². The smallest absolute Gasteiger partial charge is 0.238 e. The summed E-state index contributed by atoms with van der Waals surface area (Å²) in [5, 5.41) is 2.91. The number of nitrogens with one attached hydrogen (secondary N) is 1. The summed E-state index contributed by atoms with van der Waals surface area (Å²) >= 11 is 3.44. The van der Waals surface area contributed by atoms with Gasteiger partial charge in [0.05, 0.1) is 6.54 Å². The molecular formula is C13H19BrClN3O. The van der Waals surface area contributed by atoms with Crippen molar-refractivity contribution in [2.45, 2.75) is 19.4 Å². The predicted molar refractivity (Wildman–Crippen MR) is 83.8 cm³/mol. The van der Waals surface area contributed by atoms with Crippen molar-refractivity contribution in [2.24, 2.45) is 5.73 Å². The number of nitrogens with zero attached hydrogens (tertiary/aromatic N) is 1. The number of hydrogen-bond donors (Lipinski definition) is 2. The molecule has 0 saturated carbocycles. The highest BCUT2D eigenvalue weighted by Crippen LogP contribution is 2.20. The fourth-order valence-electron chi connectivity index (χ4n) is 2.13. The Kier molecular flexibility index (Phi) is 6.26. The number of aryl methyl sites for hydroxylation is 1. The lowest BCUT2D eigenvalue weighted by Gasteiger charge is -2.15. The van der Waals surface area contributed by atoms with Gasteiger partial charge in [-0.25, -0.2) is 0 Å². The number of anilines is 1. The SMILES string of the molecule is Cc1cc(NC(=O)CN2CCC(N)C2)ccc1Br.Cl. The van der Waals surface area contributed by atoms with Gasteiger partial charge in [-0.1, -0.05) is 15.9 Å². The van der Waals surface area contributed by atoms with Crippen LogP contribution in [0.4, 0.5) is 5.69 Å². The molecule has 106 valence electrons. The van der Waals surface area contributed by atoms with Crippen LogP contribution in [0.2, 0.25) is 0 Å². The minimum atomic E-state index is 0. The molecule has 1 atom stereocenters. The highest BCUT2D eigenvalue weighted by Gasteiger charge is 2.20. The average molecular weight is 349 g/mol. The lowest BCUT2D eigenvalue weighted by molar-refractivity contribution is -0.117. The minimum absolute atomic E-state index is 0. The number of rotatable bonds is 3. The van der Waals surface area contributed by atoms with Crippen LogP contribution in [0.3, 0.4) is 0 Å². The van der Waals surface area contributed by atoms with Gasteiger partial charge in [0.2, 0.25) is 5.91 Å². The third-order valence-electron chi connectivity index (χ3n) is 3.12. The lowest BCUT2D eigenvalue weighted by Crippen LogP contribution is -2.33. The Morgan fingerprint density at radius 2 is 2.32 bits per heavy atom. The van der Waals surface area contributed by atoms with E-state index in [-0.39, 0.29) is 24.4 Å². The molecule has 1 amide bonds. The first kappa shape index (κ1) is 16.4. The van der Waals surface area contributed by atoms with Crippen molar-refractivity contribution in [2.75, 3.05) is 25.0 Å². The van der Waals surface area contributed by atoms with Gasteiger partial charge in [-0.05, 0) is 37.1 Å². The van der Waals surface area contributed by atoms with Gasteiger partial charge in [0.25, 0.3) is 0 Å². The Morgan fingerprint density at radius 3 is 2.89 bits per heavy atom. The summed E-state index contributed by atoms with van der Waals surface area (Å²) in [5.74, 6) is 0.0193. The normalized spacial score (nSPS) is 19.0. The second-order valence-electron chi connectivity index (χ2n) is 4.80. The molecule has 19 heavy (non-hydrogen) atoms. The van der Waals surface area contributed by atoms with E-state index in [0.29, 0.717) is 6.54 Å². The van der Waals surface area contributed by atoms with Crippen LogP contribution in [-0.4, -0.2) is 36.5 Å². The van der Waals surface area contributed by atoms with Gasteiger partial charge in [0, 0.05) is 29.3 Å². The van der Waals surface area contributed by atoms with E-state index in [2.05, 4.69) is 26.1 Å². The molecule has 1 aromatic rings. The summed E-state index contributed by atoms with van der Waals surface area (Å²) in [5.41, 5.74) is 7.76. The molecule has 1 heterocycles. The first-order valence-corrected chi connectivity index (χ1v) is 6.88. The number of hydrogen-bond acceptors (Lipinski definition) is 3. The maximum absolute atomic E-state index is 11.9. The van der Waals surface area contributed by atoms with Gasteiger partial charge in [-0.3, -0.25) is 9.69 Å². The Hall–Kier alpha value is -0.620. The van der Waals surface area contributed by atoms with Crippen LogP contribution in [0.15, 0.2) is 22.7 Å². The van der Waals surface area contributed by atoms with Crippen LogP contribution in [0, 0.1) is 6.92 Å². The number of carbonyl (C=O) groups is 1. The fourth-order valence-corrected chi connectivity index (χ4v) is 2.38. The van der Waals surface area contributed by atoms with Crippen molar-refractivity contribution < 1.29 is 4.79 Å². The van der Waals surface area contributed by atoms with Gasteiger partial charge in [0.15, 0.2) is 0 Å². The van der Waals surface area contributed by atoms with E-state index in [9.17, 15) is 4.79 Å². The number of halogens is 2. The quantitative estimate of drug-likeness (QED) is 0.880. The van der Waals surface area contributed by atoms with Crippen molar-refractivity contribution in [1.82, 2.24) is 4.90 Å². The van der Waals surface area contributed by atoms with Gasteiger partial charge >= 0.3 is 0 Å². The molecule has 3 N–H and O–H groups in total. The van der Waals surface area contributed by atoms with E-state index in [1.165, 1.54) is 0 Å². The zero-order valence-corrected chi connectivity index (χ0v) is 13.3. The molecule has 0 radical (unpaired) electrons. The third-order valence-corrected chi connectivity index (χ3v) is 4.01. The molecule has 0 aromatic heterocycles. The first-order chi connectivity index (χ1) is 8.54. The Balaban J connectivity index is 0.00000180. The van der Waals surface area contributed by atoms with E-state index < -0.39 is 0 Å². The molecular weight excluding hydrogens is 330 g/mol. The molecule has 0 bridgehead atoms. The number of likely N-dealkylation sites (tertiary alicyclic amines) is 1. The van der Waals surface area contributed by atoms with E-state index >= 15 is 0 Å². The summed E-state index contributed by atoms with van der Waals surface area (Å²) in [4.78, 5) is 14.0. The van der Waals surface area contributed by atoms with Crippen LogP contribution in [0.1, 0.15) is 12.0 Å². The molecule has 1 saturated heterocycles. The van der Waals surface area contributed by atoms with Crippen molar-refractivity contribution >= 4 is 39.9 Å². The van der Waals surface area contributed by atoms with Crippen LogP contribution in [-0.2, 0) is 4.79 Å². The fraction of sp³-hybridized carbons (Fsp3) is 0.462. The minimum Gasteiger partial charge on any atom is -0.326 e. The number of nitrogens with two attached hydrogens (primary N) is 1. The van der Waals surface area contributed by atoms with Crippen LogP contribution < -0.4 is 11.1 Å². The zero-order chi connectivity index (χ0) is 13.1. The molecule has 6 heteroatoms. The summed E-state index contributed by atoms with van der Waals surface area (Å²) < 4.78 is 1.05. The molecule has 0 aliphatic carbocycles. The molecule has 1 fully saturated rings. The van der Waals surface area contributed by atoms with Crippen LogP contribution >= 0.6 is 28.3 Å². The maximum Gasteiger partial charge on any atom is 0.238 e. The standard InChI is InChI=1S/C13H18BrN3O.ClH/c1-9-6-11(2-3-12(9)14)16-13(18)8-17-5-4-10(15)7-17;/h2-3,6,10H,4-5,7-8,15H2,1H3,(H,16,18);1H. The highest BCUT2D eigenvalue weighted by molar-refractivity contribution is 9.10. The summed E-state index contributed by atoms with van der Waals surface area (Å²) in [6, 6.07) is 6.01. The lowest BCUT2D eigenvalue weighted by atomic mass is 10.2. The molecule has 4 nitrogen and oxygen atoms in total. The second-order valence-corrected chi connectivity index (χ2v) is 5.65. The number of benzene rings is 1. The van der Waals surface area contributed by atoms with Gasteiger partial charge in [0.1, 0.15) is 0 Å². The Labute approximate surface area is 128 Å². The first-order valence-electron chi connectivity index (χ1n) is 6.08. The van der Waals surface area contributed by atoms with Gasteiger partial charge < -0.3 is 11.1 Å². The highest BCUT2D eigenvalue weighted by atomic mass is 79.9. The van der Waals surface area contributed by atoms with Crippen molar-refractivity contribution in [3.63, 3.8) is 0 Å².